The van der Waals surface area contributed by atoms with Gasteiger partial charge in [0, 0.05) is 23.0 Å². The fraction of sp³-hybridized carbons (Fsp3) is 0.360. The highest BCUT2D eigenvalue weighted by atomic mass is 35.5. The number of Topliss-reactive ketones (excluding diaryl/α,β-unsaturated/α-hetero) is 1. The Morgan fingerprint density at radius 3 is 1.93 bits per heavy atom. The molecule has 16 heteroatoms. The number of aryl methyl sites for hydroxylation is 1. The molecule has 0 aliphatic heterocycles. The van der Waals surface area contributed by atoms with Crippen molar-refractivity contribution in [3.8, 4) is 11.4 Å². The van der Waals surface area contributed by atoms with Gasteiger partial charge in [-0.3, -0.25) is 4.79 Å². The number of nitrogens with two attached hydrogens (primary N) is 1. The highest BCUT2D eigenvalue weighted by molar-refractivity contribution is 6.31. The monoisotopic (exact) mass is 624 g/mol. The Morgan fingerprint density at radius 1 is 0.951 bits per heavy atom. The van der Waals surface area contributed by atoms with Gasteiger partial charge in [-0.1, -0.05) is 23.2 Å². The molecule has 1 atom stereocenters. The van der Waals surface area contributed by atoms with Gasteiger partial charge in [0.2, 0.25) is 0 Å². The molecule has 1 amide bonds. The topological polar surface area (TPSA) is 169 Å². The van der Waals surface area contributed by atoms with E-state index in [1.807, 2.05) is 6.07 Å². The SMILES string of the molecule is C[C@H](NC(=O)OC(C)(C)C)C(=O)CCc1cc(Cl)ccc1-n1cnnn1.Cl.NCc1cc(Cl)ccc1-n1cnnn1. The number of amides is 1. The van der Waals surface area contributed by atoms with Crippen LogP contribution in [0.3, 0.4) is 0 Å². The molecule has 4 aromatic rings. The van der Waals surface area contributed by atoms with Crippen molar-refractivity contribution < 1.29 is 14.3 Å². The quantitative estimate of drug-likeness (QED) is 0.293. The van der Waals surface area contributed by atoms with Crippen LogP contribution >= 0.6 is 35.6 Å². The number of tetrazole rings is 2. The average molecular weight is 626 g/mol. The van der Waals surface area contributed by atoms with Crippen LogP contribution in [0, 0.1) is 0 Å². The number of halogens is 3. The van der Waals surface area contributed by atoms with E-state index in [-0.39, 0.29) is 24.6 Å². The molecule has 220 valence electrons. The first-order chi connectivity index (χ1) is 19.0. The molecule has 0 bridgehead atoms. The van der Waals surface area contributed by atoms with Gasteiger partial charge in [0.05, 0.1) is 17.4 Å². The number of carbonyl (C=O) groups is 2. The Bertz CT molecular complexity index is 1410. The molecule has 2 aromatic carbocycles. The summed E-state index contributed by atoms with van der Waals surface area (Å²) in [6.07, 6.45) is 3.04. The Morgan fingerprint density at radius 2 is 1.46 bits per heavy atom. The van der Waals surface area contributed by atoms with Crippen molar-refractivity contribution >= 4 is 47.5 Å². The third kappa shape index (κ3) is 10.4. The van der Waals surface area contributed by atoms with Crippen molar-refractivity contribution in [2.24, 2.45) is 5.73 Å². The maximum absolute atomic E-state index is 12.3. The molecule has 0 aliphatic rings. The first-order valence-corrected chi connectivity index (χ1v) is 13.0. The molecule has 0 saturated carbocycles. The number of rotatable bonds is 8. The number of alkyl carbamates (subject to hydrolysis) is 1. The predicted octanol–water partition coefficient (Wildman–Crippen LogP) is 3.93. The molecule has 0 radical (unpaired) electrons. The lowest BCUT2D eigenvalue weighted by Gasteiger charge is -2.21. The van der Waals surface area contributed by atoms with Crippen molar-refractivity contribution in [1.82, 2.24) is 45.7 Å². The van der Waals surface area contributed by atoms with Gasteiger partial charge in [-0.25, -0.2) is 14.2 Å². The number of carbonyl (C=O) groups excluding carboxylic acids is 2. The van der Waals surface area contributed by atoms with Crippen molar-refractivity contribution in [2.45, 2.75) is 58.7 Å². The minimum Gasteiger partial charge on any atom is -0.444 e. The largest absolute Gasteiger partial charge is 0.444 e. The van der Waals surface area contributed by atoms with E-state index in [9.17, 15) is 9.59 Å². The number of hydrogen-bond donors (Lipinski definition) is 2. The molecule has 0 saturated heterocycles. The molecular weight excluding hydrogens is 595 g/mol. The molecule has 0 spiro atoms. The molecule has 2 heterocycles. The number of nitrogens with one attached hydrogen (secondary N) is 1. The van der Waals surface area contributed by atoms with Gasteiger partial charge in [0.1, 0.15) is 18.3 Å². The van der Waals surface area contributed by atoms with E-state index in [4.69, 9.17) is 33.7 Å². The fourth-order valence-corrected chi connectivity index (χ4v) is 3.89. The molecule has 41 heavy (non-hydrogen) atoms. The van der Waals surface area contributed by atoms with Crippen LogP contribution in [0.2, 0.25) is 10.0 Å². The van der Waals surface area contributed by atoms with Crippen LogP contribution in [0.25, 0.3) is 11.4 Å². The van der Waals surface area contributed by atoms with E-state index in [0.29, 0.717) is 23.0 Å². The maximum Gasteiger partial charge on any atom is 0.408 e. The van der Waals surface area contributed by atoms with Crippen LogP contribution < -0.4 is 11.1 Å². The number of ether oxygens (including phenoxy) is 1. The second-order valence-corrected chi connectivity index (χ2v) is 10.5. The second-order valence-electron chi connectivity index (χ2n) is 9.59. The summed E-state index contributed by atoms with van der Waals surface area (Å²) in [5.74, 6) is -0.112. The van der Waals surface area contributed by atoms with E-state index in [2.05, 4.69) is 36.4 Å². The lowest BCUT2D eigenvalue weighted by atomic mass is 10.0. The summed E-state index contributed by atoms with van der Waals surface area (Å²) >= 11 is 11.9. The summed E-state index contributed by atoms with van der Waals surface area (Å²) in [7, 11) is 0. The van der Waals surface area contributed by atoms with Crippen molar-refractivity contribution in [2.75, 3.05) is 0 Å². The second kappa shape index (κ2) is 15.4. The number of nitrogens with zero attached hydrogens (tertiary/aromatic N) is 8. The Kier molecular flexibility index (Phi) is 12.6. The molecule has 2 aromatic heterocycles. The van der Waals surface area contributed by atoms with E-state index < -0.39 is 17.7 Å². The lowest BCUT2D eigenvalue weighted by Crippen LogP contribution is -2.41. The number of benzene rings is 2. The third-order valence-corrected chi connectivity index (χ3v) is 5.82. The Labute approximate surface area is 253 Å². The van der Waals surface area contributed by atoms with Crippen LogP contribution in [0.15, 0.2) is 49.1 Å². The van der Waals surface area contributed by atoms with Gasteiger partial charge in [-0.2, -0.15) is 0 Å². The molecule has 4 rings (SSSR count). The zero-order valence-electron chi connectivity index (χ0n) is 22.9. The highest BCUT2D eigenvalue weighted by Gasteiger charge is 2.21. The summed E-state index contributed by atoms with van der Waals surface area (Å²) < 4.78 is 8.23. The number of aromatic nitrogens is 8. The smallest absolute Gasteiger partial charge is 0.408 e. The van der Waals surface area contributed by atoms with Crippen LogP contribution in [0.1, 0.15) is 45.2 Å². The van der Waals surface area contributed by atoms with Gasteiger partial charge in [0.25, 0.3) is 0 Å². The van der Waals surface area contributed by atoms with Gasteiger partial charge in [0.15, 0.2) is 5.78 Å². The molecule has 3 N–H and O–H groups in total. The standard InChI is InChI=1S/C17H22ClN5O3.C8H8ClN5.ClH/c1-11(20-16(25)26-17(2,3)4)15(24)8-5-12-9-13(18)6-7-14(12)23-10-19-21-22-23;9-7-1-2-8(6(3-7)4-10)14-5-11-12-13-14;/h6-7,9-11H,5,8H2,1-4H3,(H,20,25);1-3,5H,4,10H2;1H/t11-;;/m0../s1. The lowest BCUT2D eigenvalue weighted by molar-refractivity contribution is -0.120. The summed E-state index contributed by atoms with van der Waals surface area (Å²) in [6, 6.07) is 10.1. The van der Waals surface area contributed by atoms with Crippen LogP contribution in [0.4, 0.5) is 4.79 Å². The molecule has 0 aliphatic carbocycles. The van der Waals surface area contributed by atoms with Gasteiger partial charge < -0.3 is 15.8 Å². The van der Waals surface area contributed by atoms with E-state index in [1.165, 1.54) is 17.3 Å². The number of ketones is 1. The molecule has 0 fully saturated rings. The number of hydrogen-bond acceptors (Lipinski definition) is 10. The van der Waals surface area contributed by atoms with Crippen molar-refractivity contribution in [3.05, 3.63) is 70.2 Å². The van der Waals surface area contributed by atoms with Gasteiger partial charge in [-0.15, -0.1) is 22.6 Å². The van der Waals surface area contributed by atoms with E-state index >= 15 is 0 Å². The van der Waals surface area contributed by atoms with Gasteiger partial charge in [-0.05, 0) is 102 Å². The molecular formula is C25H31Cl3N10O3. The van der Waals surface area contributed by atoms with E-state index in [0.717, 1.165) is 22.5 Å². The molecule has 13 nitrogen and oxygen atoms in total. The zero-order chi connectivity index (χ0) is 29.3. The zero-order valence-corrected chi connectivity index (χ0v) is 25.2. The van der Waals surface area contributed by atoms with Crippen molar-refractivity contribution in [3.63, 3.8) is 0 Å². The predicted molar refractivity (Wildman–Crippen MR) is 156 cm³/mol. The minimum atomic E-state index is -0.652. The summed E-state index contributed by atoms with van der Waals surface area (Å²) in [6.45, 7) is 7.32. The average Bonchev–Trinajstić information content (AvgIpc) is 3.61. The first kappa shape index (κ1) is 33.6. The van der Waals surface area contributed by atoms with Gasteiger partial charge >= 0.3 is 6.09 Å². The normalized spacial score (nSPS) is 11.5. The minimum absolute atomic E-state index is 0. The Hall–Kier alpha value is -3.65. The van der Waals surface area contributed by atoms with Crippen molar-refractivity contribution in [1.29, 1.82) is 0 Å². The van der Waals surface area contributed by atoms with Crippen LogP contribution in [-0.4, -0.2) is 63.9 Å². The first-order valence-electron chi connectivity index (χ1n) is 12.2. The highest BCUT2D eigenvalue weighted by Crippen LogP contribution is 2.21. The summed E-state index contributed by atoms with van der Waals surface area (Å²) in [5, 5.41) is 25.8. The van der Waals surface area contributed by atoms with E-state index in [1.54, 1.807) is 62.7 Å². The molecule has 0 unspecified atom stereocenters. The maximum atomic E-state index is 12.3. The third-order valence-electron chi connectivity index (χ3n) is 5.35. The summed E-state index contributed by atoms with van der Waals surface area (Å²) in [4.78, 5) is 24.1. The van der Waals surface area contributed by atoms with Crippen LogP contribution in [-0.2, 0) is 22.5 Å². The van der Waals surface area contributed by atoms with Crippen LogP contribution in [0.5, 0.6) is 0 Å². The fourth-order valence-electron chi connectivity index (χ4n) is 3.50. The summed E-state index contributed by atoms with van der Waals surface area (Å²) in [5.41, 5.74) is 8.31. The Balaban J connectivity index is 0.000000330.